The van der Waals surface area contributed by atoms with Crippen LogP contribution in [0.2, 0.25) is 0 Å². The molecule has 4 heteroatoms. The zero-order valence-corrected chi connectivity index (χ0v) is 5.33. The van der Waals surface area contributed by atoms with Crippen LogP contribution in [0.15, 0.2) is 0 Å². The molecule has 0 saturated heterocycles. The summed E-state index contributed by atoms with van der Waals surface area (Å²) < 4.78 is 20.6. The fraction of sp³-hybridized carbons (Fsp3) is 0.800. The van der Waals surface area contributed by atoms with Crippen LogP contribution in [0.5, 0.6) is 0 Å². The van der Waals surface area contributed by atoms with Gasteiger partial charge in [-0.3, -0.25) is 4.79 Å². The van der Waals surface area contributed by atoms with Crippen molar-refractivity contribution >= 4 is 6.47 Å². The van der Waals surface area contributed by atoms with E-state index < -0.39 is 12.5 Å². The highest BCUT2D eigenvalue weighted by atomic mass is 19.1. The van der Waals surface area contributed by atoms with Crippen molar-refractivity contribution in [2.45, 2.75) is 19.4 Å². The van der Waals surface area contributed by atoms with Gasteiger partial charge in [0.1, 0.15) is 0 Å². The third kappa shape index (κ3) is 3.03. The number of hydrogen-bond donors (Lipinski definition) is 0. The van der Waals surface area contributed by atoms with E-state index in [-0.39, 0.29) is 6.47 Å². The first-order valence-electron chi connectivity index (χ1n) is 2.48. The molecule has 0 radical (unpaired) electrons. The summed E-state index contributed by atoms with van der Waals surface area (Å²) in [5.41, 5.74) is 0. The van der Waals surface area contributed by atoms with E-state index in [0.717, 1.165) is 0 Å². The Labute approximate surface area is 52.8 Å². The molecule has 0 aliphatic carbocycles. The number of ether oxygens (including phenoxy) is 2. The summed E-state index contributed by atoms with van der Waals surface area (Å²) in [6, 6.07) is 0. The van der Waals surface area contributed by atoms with Crippen LogP contribution in [0.25, 0.3) is 0 Å². The second-order valence-corrected chi connectivity index (χ2v) is 1.52. The predicted molar refractivity (Wildman–Crippen MR) is 28.5 cm³/mol. The first kappa shape index (κ1) is 8.36. The van der Waals surface area contributed by atoms with Crippen molar-refractivity contribution in [3.05, 3.63) is 0 Å². The molecule has 9 heavy (non-hydrogen) atoms. The highest BCUT2D eigenvalue weighted by Gasteiger charge is 2.14. The third-order valence-corrected chi connectivity index (χ3v) is 0.864. The molecule has 0 aromatic rings. The molecule has 2 unspecified atom stereocenters. The molecule has 0 spiro atoms. The van der Waals surface area contributed by atoms with Crippen LogP contribution in [0.3, 0.4) is 0 Å². The van der Waals surface area contributed by atoms with E-state index in [9.17, 15) is 9.18 Å². The zero-order chi connectivity index (χ0) is 7.28. The lowest BCUT2D eigenvalue weighted by Gasteiger charge is -2.11. The summed E-state index contributed by atoms with van der Waals surface area (Å²) in [7, 11) is 1.20. The average Bonchev–Trinajstić information content (AvgIpc) is 1.87. The molecule has 0 fully saturated rings. The molecule has 3 nitrogen and oxygen atoms in total. The van der Waals surface area contributed by atoms with Gasteiger partial charge in [-0.15, -0.1) is 0 Å². The van der Waals surface area contributed by atoms with Gasteiger partial charge >= 0.3 is 0 Å². The summed E-state index contributed by atoms with van der Waals surface area (Å²) in [4.78, 5) is 9.59. The van der Waals surface area contributed by atoms with Crippen molar-refractivity contribution < 1.29 is 18.7 Å². The maximum absolute atomic E-state index is 12.2. The smallest absolute Gasteiger partial charge is 0.293 e. The van der Waals surface area contributed by atoms with E-state index in [1.165, 1.54) is 14.0 Å². The van der Waals surface area contributed by atoms with Crippen molar-refractivity contribution in [3.8, 4) is 0 Å². The minimum absolute atomic E-state index is 0.191. The maximum atomic E-state index is 12.2. The van der Waals surface area contributed by atoms with Gasteiger partial charge in [-0.05, 0) is 6.92 Å². The van der Waals surface area contributed by atoms with Gasteiger partial charge in [0.15, 0.2) is 6.10 Å². The Morgan fingerprint density at radius 3 is 2.56 bits per heavy atom. The van der Waals surface area contributed by atoms with Crippen LogP contribution < -0.4 is 0 Å². The Balaban J connectivity index is 3.44. The summed E-state index contributed by atoms with van der Waals surface area (Å²) in [6.07, 6.45) is -2.36. The minimum Gasteiger partial charge on any atom is -0.459 e. The highest BCUT2D eigenvalue weighted by Crippen LogP contribution is 2.01. The monoisotopic (exact) mass is 136 g/mol. The van der Waals surface area contributed by atoms with Gasteiger partial charge in [0, 0.05) is 7.11 Å². The van der Waals surface area contributed by atoms with Gasteiger partial charge in [0.2, 0.25) is 6.36 Å². The Morgan fingerprint density at radius 2 is 2.22 bits per heavy atom. The number of methoxy groups -OCH3 is 1. The number of hydrogen-bond acceptors (Lipinski definition) is 3. The summed E-state index contributed by atoms with van der Waals surface area (Å²) >= 11 is 0. The first-order valence-corrected chi connectivity index (χ1v) is 2.48. The van der Waals surface area contributed by atoms with Crippen LogP contribution in [0, 0.1) is 0 Å². The molecule has 0 aromatic carbocycles. The lowest BCUT2D eigenvalue weighted by atomic mass is 10.4. The van der Waals surface area contributed by atoms with Crippen LogP contribution in [-0.2, 0) is 14.3 Å². The van der Waals surface area contributed by atoms with E-state index >= 15 is 0 Å². The molecular weight excluding hydrogens is 127 g/mol. The Morgan fingerprint density at radius 1 is 1.67 bits per heavy atom. The second kappa shape index (κ2) is 4.26. The Kier molecular flexibility index (Phi) is 3.96. The molecule has 54 valence electrons. The van der Waals surface area contributed by atoms with Gasteiger partial charge < -0.3 is 9.47 Å². The van der Waals surface area contributed by atoms with Crippen molar-refractivity contribution in [2.24, 2.45) is 0 Å². The van der Waals surface area contributed by atoms with Crippen LogP contribution in [0.4, 0.5) is 4.39 Å². The average molecular weight is 136 g/mol. The quantitative estimate of drug-likeness (QED) is 0.527. The minimum atomic E-state index is -1.53. The maximum Gasteiger partial charge on any atom is 0.293 e. The van der Waals surface area contributed by atoms with Crippen molar-refractivity contribution in [1.29, 1.82) is 0 Å². The fourth-order valence-corrected chi connectivity index (χ4v) is 0.341. The highest BCUT2D eigenvalue weighted by molar-refractivity contribution is 5.37. The standard InChI is InChI=1S/C5H9FO3/c1-4(9-3-7)5(6)8-2/h3-5H,1-2H3. The molecule has 0 rings (SSSR count). The van der Waals surface area contributed by atoms with Crippen LogP contribution in [-0.4, -0.2) is 26.0 Å². The molecule has 0 aliphatic heterocycles. The number of carbonyl (C=O) groups is 1. The molecule has 0 saturated carbocycles. The fourth-order valence-electron chi connectivity index (χ4n) is 0.341. The number of rotatable bonds is 4. The topological polar surface area (TPSA) is 35.5 Å². The van der Waals surface area contributed by atoms with E-state index in [0.29, 0.717) is 0 Å². The SMILES string of the molecule is COC(F)C(C)OC=O. The van der Waals surface area contributed by atoms with Gasteiger partial charge in [0.05, 0.1) is 0 Å². The molecule has 0 bridgehead atoms. The summed E-state index contributed by atoms with van der Waals surface area (Å²) in [5, 5.41) is 0. The largest absolute Gasteiger partial charge is 0.459 e. The zero-order valence-electron chi connectivity index (χ0n) is 5.33. The van der Waals surface area contributed by atoms with Crippen molar-refractivity contribution in [1.82, 2.24) is 0 Å². The third-order valence-electron chi connectivity index (χ3n) is 0.864. The Bertz CT molecular complexity index is 86.3. The lowest BCUT2D eigenvalue weighted by molar-refractivity contribution is -0.149. The van der Waals surface area contributed by atoms with Gasteiger partial charge in [-0.25, -0.2) is 4.39 Å². The van der Waals surface area contributed by atoms with Crippen molar-refractivity contribution in [3.63, 3.8) is 0 Å². The van der Waals surface area contributed by atoms with E-state index in [2.05, 4.69) is 9.47 Å². The molecular formula is C5H9FO3. The lowest BCUT2D eigenvalue weighted by Crippen LogP contribution is -2.22. The number of alkyl halides is 1. The molecule has 0 N–H and O–H groups in total. The molecule has 0 aromatic heterocycles. The molecule has 2 atom stereocenters. The normalized spacial score (nSPS) is 16.3. The number of carbonyl (C=O) groups excluding carboxylic acids is 1. The van der Waals surface area contributed by atoms with Crippen LogP contribution in [0.1, 0.15) is 6.92 Å². The molecule has 0 amide bonds. The molecule has 0 aliphatic rings. The predicted octanol–water partition coefficient (Wildman–Crippen LogP) is 0.490. The first-order chi connectivity index (χ1) is 4.22. The van der Waals surface area contributed by atoms with E-state index in [1.807, 2.05) is 0 Å². The Hall–Kier alpha value is -0.640. The summed E-state index contributed by atoms with van der Waals surface area (Å²) in [5.74, 6) is 0. The van der Waals surface area contributed by atoms with Crippen LogP contribution >= 0.6 is 0 Å². The van der Waals surface area contributed by atoms with E-state index in [1.54, 1.807) is 0 Å². The number of halogens is 1. The summed E-state index contributed by atoms with van der Waals surface area (Å²) in [6.45, 7) is 1.60. The van der Waals surface area contributed by atoms with E-state index in [4.69, 9.17) is 0 Å². The second-order valence-electron chi connectivity index (χ2n) is 1.52. The van der Waals surface area contributed by atoms with Gasteiger partial charge in [-0.2, -0.15) is 0 Å². The van der Waals surface area contributed by atoms with Gasteiger partial charge in [0.25, 0.3) is 6.47 Å². The molecule has 0 heterocycles. The van der Waals surface area contributed by atoms with Gasteiger partial charge in [-0.1, -0.05) is 0 Å². The van der Waals surface area contributed by atoms with Crippen molar-refractivity contribution in [2.75, 3.05) is 7.11 Å².